The number of ether oxygens (including phenoxy) is 1. The third-order valence-electron chi connectivity index (χ3n) is 6.36. The Morgan fingerprint density at radius 1 is 1.06 bits per heavy atom. The lowest BCUT2D eigenvalue weighted by molar-refractivity contribution is -0.145. The summed E-state index contributed by atoms with van der Waals surface area (Å²) in [4.78, 5) is 37.8. The fourth-order valence-corrected chi connectivity index (χ4v) is 5.11. The lowest BCUT2D eigenvalue weighted by Gasteiger charge is -2.19. The largest absolute Gasteiger partial charge is 0.467 e. The van der Waals surface area contributed by atoms with Crippen molar-refractivity contribution in [3.05, 3.63) is 69.2 Å². The van der Waals surface area contributed by atoms with Crippen molar-refractivity contribution in [2.45, 2.75) is 44.6 Å². The molecule has 0 bridgehead atoms. The molecule has 3 N–H and O–H groups in total. The van der Waals surface area contributed by atoms with E-state index in [-0.39, 0.29) is 24.0 Å². The molecule has 1 saturated carbocycles. The van der Waals surface area contributed by atoms with E-state index in [4.69, 9.17) is 33.7 Å². The van der Waals surface area contributed by atoms with Gasteiger partial charge < -0.3 is 15.8 Å². The number of benzene rings is 2. The van der Waals surface area contributed by atoms with E-state index in [1.54, 1.807) is 18.2 Å². The highest BCUT2D eigenvalue weighted by atomic mass is 35.5. The number of carbonyl (C=O) groups is 3. The Hall–Kier alpha value is -2.41. The Morgan fingerprint density at radius 3 is 2.32 bits per heavy atom. The number of nitrogens with one attached hydrogen (secondary N) is 1. The van der Waals surface area contributed by atoms with Crippen molar-refractivity contribution in [1.29, 1.82) is 0 Å². The van der Waals surface area contributed by atoms with E-state index in [1.165, 1.54) is 7.11 Å². The van der Waals surface area contributed by atoms with E-state index in [9.17, 15) is 14.4 Å². The number of halogens is 2. The SMILES string of the molecule is COC(=O)[C@H](Cc1ccc(CC(=O)c2c(Cl)cccc2Cl)cc1)NC(=O)C1CCC(CCN)C1. The summed E-state index contributed by atoms with van der Waals surface area (Å²) in [7, 11) is 1.31. The third-order valence-corrected chi connectivity index (χ3v) is 6.99. The highest BCUT2D eigenvalue weighted by Gasteiger charge is 2.32. The Morgan fingerprint density at radius 2 is 1.71 bits per heavy atom. The lowest BCUT2D eigenvalue weighted by atomic mass is 9.98. The van der Waals surface area contributed by atoms with Crippen molar-refractivity contribution >= 4 is 40.9 Å². The molecule has 1 aliphatic carbocycles. The maximum atomic E-state index is 12.8. The maximum Gasteiger partial charge on any atom is 0.328 e. The van der Waals surface area contributed by atoms with Crippen molar-refractivity contribution in [1.82, 2.24) is 5.32 Å². The van der Waals surface area contributed by atoms with Gasteiger partial charge in [0.25, 0.3) is 0 Å². The minimum absolute atomic E-state index is 0.103. The first-order chi connectivity index (χ1) is 16.3. The summed E-state index contributed by atoms with van der Waals surface area (Å²) in [5, 5.41) is 3.52. The number of methoxy groups -OCH3 is 1. The minimum atomic E-state index is -0.777. The second kappa shape index (κ2) is 12.3. The van der Waals surface area contributed by atoms with Gasteiger partial charge in [-0.25, -0.2) is 4.79 Å². The van der Waals surface area contributed by atoms with E-state index in [1.807, 2.05) is 24.3 Å². The first-order valence-corrected chi connectivity index (χ1v) is 12.2. The van der Waals surface area contributed by atoms with Gasteiger partial charge in [0.05, 0.1) is 22.7 Å². The quantitative estimate of drug-likeness (QED) is 0.369. The summed E-state index contributed by atoms with van der Waals surface area (Å²) in [5.74, 6) is -0.416. The van der Waals surface area contributed by atoms with Crippen LogP contribution in [0.1, 0.15) is 47.2 Å². The van der Waals surface area contributed by atoms with Gasteiger partial charge in [0.1, 0.15) is 6.04 Å². The lowest BCUT2D eigenvalue weighted by Crippen LogP contribution is -2.45. The number of amides is 1. The van der Waals surface area contributed by atoms with Crippen LogP contribution in [0.5, 0.6) is 0 Å². The predicted octanol–water partition coefficient (Wildman–Crippen LogP) is 4.38. The van der Waals surface area contributed by atoms with Crippen molar-refractivity contribution in [2.75, 3.05) is 13.7 Å². The summed E-state index contributed by atoms with van der Waals surface area (Å²) >= 11 is 12.3. The zero-order valence-corrected chi connectivity index (χ0v) is 20.7. The Labute approximate surface area is 210 Å². The number of carbonyl (C=O) groups excluding carboxylic acids is 3. The van der Waals surface area contributed by atoms with Crippen LogP contribution in [0, 0.1) is 11.8 Å². The molecule has 2 aromatic rings. The van der Waals surface area contributed by atoms with Crippen LogP contribution in [-0.4, -0.2) is 37.4 Å². The van der Waals surface area contributed by atoms with Gasteiger partial charge >= 0.3 is 5.97 Å². The topological polar surface area (TPSA) is 98.5 Å². The fraction of sp³-hybridized carbons (Fsp3) is 0.423. The van der Waals surface area contributed by atoms with Crippen molar-refractivity contribution in [3.63, 3.8) is 0 Å². The maximum absolute atomic E-state index is 12.8. The van der Waals surface area contributed by atoms with Crippen LogP contribution in [0.2, 0.25) is 10.0 Å². The highest BCUT2D eigenvalue weighted by molar-refractivity contribution is 6.39. The molecule has 0 aromatic heterocycles. The molecule has 1 amide bonds. The van der Waals surface area contributed by atoms with Gasteiger partial charge in [0.2, 0.25) is 5.91 Å². The molecule has 2 aromatic carbocycles. The summed E-state index contributed by atoms with van der Waals surface area (Å²) in [5.41, 5.74) is 7.59. The molecule has 182 valence electrons. The molecule has 6 nitrogen and oxygen atoms in total. The van der Waals surface area contributed by atoms with E-state index in [0.29, 0.717) is 34.5 Å². The first-order valence-electron chi connectivity index (χ1n) is 11.5. The van der Waals surface area contributed by atoms with Crippen LogP contribution in [0.4, 0.5) is 0 Å². The molecule has 0 aliphatic heterocycles. The van der Waals surface area contributed by atoms with Crippen LogP contribution in [0.25, 0.3) is 0 Å². The fourth-order valence-electron chi connectivity index (χ4n) is 4.50. The average molecular weight is 505 g/mol. The van der Waals surface area contributed by atoms with Gasteiger partial charge in [-0.3, -0.25) is 9.59 Å². The molecule has 0 heterocycles. The monoisotopic (exact) mass is 504 g/mol. The van der Waals surface area contributed by atoms with Crippen LogP contribution in [0.15, 0.2) is 42.5 Å². The molecule has 3 atom stereocenters. The van der Waals surface area contributed by atoms with Crippen molar-refractivity contribution in [3.8, 4) is 0 Å². The molecule has 1 fully saturated rings. The number of esters is 1. The van der Waals surface area contributed by atoms with Crippen molar-refractivity contribution in [2.24, 2.45) is 17.6 Å². The van der Waals surface area contributed by atoms with Gasteiger partial charge in [0, 0.05) is 18.8 Å². The molecule has 1 aliphatic rings. The van der Waals surface area contributed by atoms with Crippen LogP contribution < -0.4 is 11.1 Å². The molecular weight excluding hydrogens is 475 g/mol. The van der Waals surface area contributed by atoms with Gasteiger partial charge in [-0.05, 0) is 61.4 Å². The van der Waals surface area contributed by atoms with Gasteiger partial charge in [-0.15, -0.1) is 0 Å². The first kappa shape index (κ1) is 26.2. The van der Waals surface area contributed by atoms with E-state index in [2.05, 4.69) is 5.32 Å². The number of Topliss-reactive ketones (excluding diaryl/α,β-unsaturated/α-hetero) is 1. The molecule has 0 saturated heterocycles. The summed E-state index contributed by atoms with van der Waals surface area (Å²) in [6, 6.07) is 11.5. The van der Waals surface area contributed by atoms with Crippen molar-refractivity contribution < 1.29 is 19.1 Å². The van der Waals surface area contributed by atoms with Crippen LogP contribution >= 0.6 is 23.2 Å². The third kappa shape index (κ3) is 6.81. The summed E-state index contributed by atoms with van der Waals surface area (Å²) in [6.07, 6.45) is 3.95. The molecule has 0 radical (unpaired) electrons. The molecular formula is C26H30Cl2N2O4. The number of ketones is 1. The molecule has 0 spiro atoms. The van der Waals surface area contributed by atoms with E-state index >= 15 is 0 Å². The Kier molecular flexibility index (Phi) is 9.51. The average Bonchev–Trinajstić information content (AvgIpc) is 3.28. The number of rotatable bonds is 10. The number of nitrogens with two attached hydrogens (primary N) is 1. The van der Waals surface area contributed by atoms with Gasteiger partial charge in [0.15, 0.2) is 5.78 Å². The van der Waals surface area contributed by atoms with Crippen LogP contribution in [-0.2, 0) is 27.2 Å². The zero-order chi connectivity index (χ0) is 24.7. The van der Waals surface area contributed by atoms with E-state index in [0.717, 1.165) is 36.8 Å². The molecule has 34 heavy (non-hydrogen) atoms. The second-order valence-corrected chi connectivity index (χ2v) is 9.57. The highest BCUT2D eigenvalue weighted by Crippen LogP contribution is 2.33. The molecule has 2 unspecified atom stereocenters. The predicted molar refractivity (Wildman–Crippen MR) is 133 cm³/mol. The summed E-state index contributed by atoms with van der Waals surface area (Å²) in [6.45, 7) is 0.622. The van der Waals surface area contributed by atoms with E-state index < -0.39 is 12.0 Å². The second-order valence-electron chi connectivity index (χ2n) is 8.75. The minimum Gasteiger partial charge on any atom is -0.467 e. The molecule has 3 rings (SSSR count). The van der Waals surface area contributed by atoms with Gasteiger partial charge in [-0.1, -0.05) is 53.5 Å². The number of hydrogen-bond acceptors (Lipinski definition) is 5. The number of hydrogen-bond donors (Lipinski definition) is 2. The summed E-state index contributed by atoms with van der Waals surface area (Å²) < 4.78 is 4.92. The zero-order valence-electron chi connectivity index (χ0n) is 19.2. The Bertz CT molecular complexity index is 1010. The normalized spacial score (nSPS) is 18.4. The Balaban J connectivity index is 1.62. The van der Waals surface area contributed by atoms with Crippen LogP contribution in [0.3, 0.4) is 0 Å². The standard InChI is InChI=1S/C26H30Cl2N2O4/c1-34-26(33)22(30-25(32)19-10-9-18(13-19)11-12-29)14-16-5-7-17(8-6-16)15-23(31)24-20(27)3-2-4-21(24)28/h2-8,18-19,22H,9-15,29H2,1H3,(H,30,32)/t18?,19?,22-/m0/s1. The smallest absolute Gasteiger partial charge is 0.328 e. The molecule has 8 heteroatoms. The van der Waals surface area contributed by atoms with Gasteiger partial charge in [-0.2, -0.15) is 0 Å².